The molecule has 2 aromatic carbocycles. The summed E-state index contributed by atoms with van der Waals surface area (Å²) >= 11 is 1.52. The average molecular weight is 1310 g/mol. The Hall–Kier alpha value is -5.32. The Balaban J connectivity index is 1.39. The molecular formula is C71H119N7O13S. The Labute approximate surface area is 556 Å². The van der Waals surface area contributed by atoms with Crippen molar-refractivity contribution in [3.8, 4) is 23.0 Å². The van der Waals surface area contributed by atoms with Gasteiger partial charge in [0.25, 0.3) is 17.0 Å². The molecule has 3 aromatic rings. The molecule has 2 atom stereocenters. The van der Waals surface area contributed by atoms with E-state index in [0.717, 1.165) is 95.5 Å². The van der Waals surface area contributed by atoms with Crippen LogP contribution in [-0.2, 0) is 38.1 Å². The topological polar surface area (TPSA) is 249 Å². The van der Waals surface area contributed by atoms with Crippen molar-refractivity contribution in [3.63, 3.8) is 0 Å². The van der Waals surface area contributed by atoms with E-state index in [1.807, 2.05) is 24.3 Å². The predicted octanol–water partition coefficient (Wildman–Crippen LogP) is 13.0. The van der Waals surface area contributed by atoms with Crippen molar-refractivity contribution in [2.24, 2.45) is 11.8 Å². The number of aromatic nitrogens is 2. The van der Waals surface area contributed by atoms with Crippen LogP contribution in [0, 0.1) is 11.8 Å². The molecule has 0 spiro atoms. The molecule has 0 aliphatic heterocycles. The van der Waals surface area contributed by atoms with Crippen molar-refractivity contribution >= 4 is 41.3 Å². The van der Waals surface area contributed by atoms with E-state index in [0.29, 0.717) is 113 Å². The molecule has 522 valence electrons. The van der Waals surface area contributed by atoms with Gasteiger partial charge in [-0.15, -0.1) is 10.2 Å². The predicted molar refractivity (Wildman–Crippen MR) is 366 cm³/mol. The molecule has 0 radical (unpaired) electrons. The number of amides is 5. The van der Waals surface area contributed by atoms with Crippen LogP contribution in [-0.4, -0.2) is 157 Å². The van der Waals surface area contributed by atoms with Gasteiger partial charge in [-0.25, -0.2) is 0 Å². The van der Waals surface area contributed by atoms with Gasteiger partial charge in [0.1, 0.15) is 18.1 Å². The number of rotatable bonds is 61. The van der Waals surface area contributed by atoms with Crippen LogP contribution in [0.15, 0.2) is 52.1 Å². The summed E-state index contributed by atoms with van der Waals surface area (Å²) in [4.78, 5) is 66.2. The SMILES string of the molecule is CCCCCCCCC(CCCCCC)C(=O)NCCOCCNC(=O)c1cc(OCCCC(=O)NCCOCCOCCOCCOc2ccc(-c3nnc(SC(C)C)o3)cc2)cc(C(=O)NCCOCCNC(=O)C(CCCCCC)CCCCCCCC)c1. The molecule has 0 fully saturated rings. The van der Waals surface area contributed by atoms with E-state index in [2.05, 4.69) is 78.3 Å². The van der Waals surface area contributed by atoms with Crippen molar-refractivity contribution in [2.75, 3.05) is 112 Å². The number of nitrogens with zero attached hydrogens (tertiary/aromatic N) is 2. The number of ether oxygens (including phenoxy) is 7. The number of hydrogen-bond donors (Lipinski definition) is 5. The summed E-state index contributed by atoms with van der Waals surface area (Å²) in [5, 5.41) is 23.9. The van der Waals surface area contributed by atoms with Crippen molar-refractivity contribution in [1.29, 1.82) is 0 Å². The van der Waals surface area contributed by atoms with Crippen LogP contribution >= 0.6 is 11.8 Å². The molecule has 0 bridgehead atoms. The fourth-order valence-electron chi connectivity index (χ4n) is 10.2. The van der Waals surface area contributed by atoms with Gasteiger partial charge in [0.15, 0.2) is 0 Å². The smallest absolute Gasteiger partial charge is 0.277 e. The highest BCUT2D eigenvalue weighted by Crippen LogP contribution is 2.28. The highest BCUT2D eigenvalue weighted by atomic mass is 32.2. The first kappa shape index (κ1) is 80.9. The Bertz CT molecular complexity index is 2270. The summed E-state index contributed by atoms with van der Waals surface area (Å²) in [7, 11) is 0. The molecule has 0 saturated carbocycles. The Kier molecular flexibility index (Phi) is 48.4. The molecule has 2 unspecified atom stereocenters. The highest BCUT2D eigenvalue weighted by Gasteiger charge is 2.20. The molecule has 1 heterocycles. The molecule has 21 heteroatoms. The summed E-state index contributed by atoms with van der Waals surface area (Å²) in [5.41, 5.74) is 1.26. The zero-order chi connectivity index (χ0) is 66.3. The summed E-state index contributed by atoms with van der Waals surface area (Å²) in [6.45, 7) is 18.4. The zero-order valence-corrected chi connectivity index (χ0v) is 58.1. The molecular weight excluding hydrogens is 1190 g/mol. The van der Waals surface area contributed by atoms with Gasteiger partial charge >= 0.3 is 0 Å². The van der Waals surface area contributed by atoms with Crippen LogP contribution in [0.25, 0.3) is 11.5 Å². The van der Waals surface area contributed by atoms with Crippen LogP contribution in [0.1, 0.15) is 229 Å². The van der Waals surface area contributed by atoms with Crippen molar-refractivity contribution in [3.05, 3.63) is 53.6 Å². The molecule has 0 saturated heterocycles. The fourth-order valence-corrected chi connectivity index (χ4v) is 10.8. The third-order valence-corrected chi connectivity index (χ3v) is 16.3. The summed E-state index contributed by atoms with van der Waals surface area (Å²) < 4.78 is 46.0. The van der Waals surface area contributed by atoms with Crippen molar-refractivity contribution in [2.45, 2.75) is 219 Å². The van der Waals surface area contributed by atoms with E-state index in [9.17, 15) is 24.0 Å². The molecule has 5 amide bonds. The first-order chi connectivity index (χ1) is 45.0. The molecule has 92 heavy (non-hydrogen) atoms. The van der Waals surface area contributed by atoms with Crippen molar-refractivity contribution in [1.82, 2.24) is 36.8 Å². The quantitative estimate of drug-likeness (QED) is 0.0260. The standard InChI is InChI=1S/C71H119N7O13S/c1-7-11-15-19-21-25-30-58(28-23-17-13-9-3)66(80)73-38-44-84-46-40-75-68(82)61-54-62(69(83)76-41-47-85-45-39-74-67(81)59(29-24-18-14-10-4)31-26-22-20-16-12-8-2)56-64(55-61)89-42-27-32-65(79)72-37-43-86-48-49-87-50-51-88-52-53-90-63-35-33-60(34-36-63)70-77-78-71(91-70)92-57(5)6/h33-36,54-59H,7-32,37-53H2,1-6H3,(H,72,79)(H,73,80)(H,74,81)(H,75,82)(H,76,83). The third kappa shape index (κ3) is 40.7. The Morgan fingerprint density at radius 2 is 0.815 bits per heavy atom. The first-order valence-corrected chi connectivity index (χ1v) is 36.1. The van der Waals surface area contributed by atoms with Crippen LogP contribution in [0.4, 0.5) is 0 Å². The van der Waals surface area contributed by atoms with E-state index in [-0.39, 0.29) is 80.0 Å². The Morgan fingerprint density at radius 3 is 1.28 bits per heavy atom. The molecule has 0 aliphatic rings. The Morgan fingerprint density at radius 1 is 0.424 bits per heavy atom. The lowest BCUT2D eigenvalue weighted by Crippen LogP contribution is -2.34. The lowest BCUT2D eigenvalue weighted by molar-refractivity contribution is -0.126. The number of benzene rings is 2. The second-order valence-electron chi connectivity index (χ2n) is 23.8. The minimum atomic E-state index is -0.417. The largest absolute Gasteiger partial charge is 0.494 e. The second kappa shape index (κ2) is 55.0. The molecule has 0 aliphatic carbocycles. The van der Waals surface area contributed by atoms with Gasteiger partial charge in [0, 0.05) is 72.9 Å². The van der Waals surface area contributed by atoms with Gasteiger partial charge in [-0.2, -0.15) is 0 Å². The average Bonchev–Trinajstić information content (AvgIpc) is 1.58. The van der Waals surface area contributed by atoms with E-state index in [1.165, 1.54) is 82.0 Å². The van der Waals surface area contributed by atoms with Crippen LogP contribution in [0.2, 0.25) is 0 Å². The van der Waals surface area contributed by atoms with Crippen LogP contribution < -0.4 is 36.1 Å². The van der Waals surface area contributed by atoms with Gasteiger partial charge in [-0.05, 0) is 74.6 Å². The van der Waals surface area contributed by atoms with E-state index >= 15 is 0 Å². The van der Waals surface area contributed by atoms with Gasteiger partial charge in [-0.3, -0.25) is 24.0 Å². The summed E-state index contributed by atoms with van der Waals surface area (Å²) in [6.07, 6.45) is 27.7. The molecule has 3 rings (SSSR count). The van der Waals surface area contributed by atoms with Gasteiger partial charge in [0.2, 0.25) is 23.6 Å². The van der Waals surface area contributed by atoms with E-state index in [4.69, 9.17) is 37.6 Å². The van der Waals surface area contributed by atoms with Gasteiger partial charge < -0.3 is 64.2 Å². The normalized spacial score (nSPS) is 12.0. The van der Waals surface area contributed by atoms with Crippen molar-refractivity contribution < 1.29 is 61.5 Å². The van der Waals surface area contributed by atoms with Crippen LogP contribution in [0.5, 0.6) is 11.5 Å². The number of hydrogen-bond acceptors (Lipinski definition) is 16. The highest BCUT2D eigenvalue weighted by molar-refractivity contribution is 7.99. The number of thioether (sulfide) groups is 1. The van der Waals surface area contributed by atoms with Crippen LogP contribution in [0.3, 0.4) is 0 Å². The molecule has 5 N–H and O–H groups in total. The summed E-state index contributed by atoms with van der Waals surface area (Å²) in [6, 6.07) is 12.1. The maximum absolute atomic E-state index is 13.6. The van der Waals surface area contributed by atoms with E-state index in [1.54, 1.807) is 12.1 Å². The molecule has 20 nitrogen and oxygen atoms in total. The minimum absolute atomic E-state index is 0.0159. The number of carbonyl (C=O) groups is 5. The van der Waals surface area contributed by atoms with E-state index < -0.39 is 11.8 Å². The maximum Gasteiger partial charge on any atom is 0.277 e. The number of carbonyl (C=O) groups excluding carboxylic acids is 5. The van der Waals surface area contributed by atoms with Gasteiger partial charge in [0.05, 0.1) is 72.7 Å². The lowest BCUT2D eigenvalue weighted by atomic mass is 9.93. The maximum atomic E-state index is 13.6. The monoisotopic (exact) mass is 1310 g/mol. The first-order valence-electron chi connectivity index (χ1n) is 35.3. The second-order valence-corrected chi connectivity index (χ2v) is 25.3. The fraction of sp³-hybridized carbons (Fsp3) is 0.732. The third-order valence-electron chi connectivity index (χ3n) is 15.4. The zero-order valence-electron chi connectivity index (χ0n) is 57.3. The minimum Gasteiger partial charge on any atom is -0.494 e. The van der Waals surface area contributed by atoms with Gasteiger partial charge in [-0.1, -0.05) is 182 Å². The number of nitrogens with one attached hydrogen (secondary N) is 5. The lowest BCUT2D eigenvalue weighted by Gasteiger charge is -2.17. The molecule has 1 aromatic heterocycles. The number of unbranched alkanes of at least 4 members (excludes halogenated alkanes) is 16. The summed E-state index contributed by atoms with van der Waals surface area (Å²) in [5.74, 6) is 0.698.